The Balaban J connectivity index is 2.78. The molecule has 0 amide bonds. The second-order valence-corrected chi connectivity index (χ2v) is 13.0. The van der Waals surface area contributed by atoms with E-state index in [4.69, 9.17) is 9.16 Å². The van der Waals surface area contributed by atoms with Gasteiger partial charge in [-0.15, -0.1) is 6.58 Å². The van der Waals surface area contributed by atoms with E-state index in [0.717, 1.165) is 5.56 Å². The minimum Gasteiger partial charge on any atom is -0.546 e. The molecule has 1 aromatic carbocycles. The summed E-state index contributed by atoms with van der Waals surface area (Å²) in [6.07, 6.45) is 6.37. The summed E-state index contributed by atoms with van der Waals surface area (Å²) >= 11 is 0. The molecule has 0 radical (unpaired) electrons. The van der Waals surface area contributed by atoms with E-state index in [-0.39, 0.29) is 23.5 Å². The first-order chi connectivity index (χ1) is 12.6. The molecule has 0 heterocycles. The minimum atomic E-state index is -2.03. The van der Waals surface area contributed by atoms with Crippen LogP contribution in [0.5, 0.6) is 0 Å². The lowest BCUT2D eigenvalue weighted by molar-refractivity contribution is -0.148. The quantitative estimate of drug-likeness (QED) is 0.158. The van der Waals surface area contributed by atoms with E-state index < -0.39 is 8.32 Å². The van der Waals surface area contributed by atoms with E-state index >= 15 is 0 Å². The van der Waals surface area contributed by atoms with Gasteiger partial charge < -0.3 is 9.16 Å². The molecule has 0 saturated heterocycles. The third-order valence-electron chi connectivity index (χ3n) is 4.85. The Hall–Kier alpha value is -2.07. The van der Waals surface area contributed by atoms with Crippen LogP contribution < -0.4 is 0 Å². The summed E-state index contributed by atoms with van der Waals surface area (Å²) < 4.78 is 12.0. The zero-order valence-electron chi connectivity index (χ0n) is 17.5. The van der Waals surface area contributed by atoms with Crippen molar-refractivity contribution in [1.82, 2.24) is 0 Å². The fourth-order valence-electron chi connectivity index (χ4n) is 2.35. The van der Waals surface area contributed by atoms with Crippen molar-refractivity contribution in [3.8, 4) is 0 Å². The fourth-order valence-corrected chi connectivity index (χ4v) is 3.45. The Labute approximate surface area is 165 Å². The first-order valence-corrected chi connectivity index (χ1v) is 12.3. The largest absolute Gasteiger partial charge is 0.546 e. The number of allylic oxidation sites excluding steroid dienone is 2. The fraction of sp³-hybridized carbons (Fsp3) is 0.435. The van der Waals surface area contributed by atoms with Crippen LogP contribution in [0.4, 0.5) is 0 Å². The molecule has 0 aromatic heterocycles. The zero-order chi connectivity index (χ0) is 20.5. The normalized spacial score (nSPS) is 13.6. The Morgan fingerprint density at radius 2 is 1.81 bits per heavy atom. The van der Waals surface area contributed by atoms with Crippen LogP contribution in [0.25, 0.3) is 0 Å². The SMILES string of the molecule is C=C/C=C(\CC(=O)O[C@@H](CC=C)Cc1ccccc1)O[Si](C)(C)C(C)(C)C. The van der Waals surface area contributed by atoms with Gasteiger partial charge in [-0.3, -0.25) is 4.79 Å². The molecule has 0 bridgehead atoms. The van der Waals surface area contributed by atoms with Crippen LogP contribution in [0.3, 0.4) is 0 Å². The maximum absolute atomic E-state index is 12.5. The smallest absolute Gasteiger partial charge is 0.313 e. The third-order valence-corrected chi connectivity index (χ3v) is 9.23. The van der Waals surface area contributed by atoms with Crippen LogP contribution in [0.15, 0.2) is 67.5 Å². The predicted molar refractivity (Wildman–Crippen MR) is 116 cm³/mol. The molecule has 3 nitrogen and oxygen atoms in total. The summed E-state index contributed by atoms with van der Waals surface area (Å²) in [7, 11) is -2.03. The molecule has 0 unspecified atom stereocenters. The van der Waals surface area contributed by atoms with Gasteiger partial charge in [0.2, 0.25) is 8.32 Å². The van der Waals surface area contributed by atoms with Gasteiger partial charge in [-0.05, 0) is 29.8 Å². The molecule has 0 N–H and O–H groups in total. The van der Waals surface area contributed by atoms with E-state index in [1.807, 2.05) is 30.3 Å². The van der Waals surface area contributed by atoms with Gasteiger partial charge in [0.25, 0.3) is 0 Å². The average Bonchev–Trinajstić information content (AvgIpc) is 2.54. The molecular formula is C23H34O3Si. The molecule has 0 aliphatic heterocycles. The summed E-state index contributed by atoms with van der Waals surface area (Å²) in [5.74, 6) is 0.336. The highest BCUT2D eigenvalue weighted by atomic mass is 28.4. The Bertz CT molecular complexity index is 654. The van der Waals surface area contributed by atoms with Crippen molar-refractivity contribution in [2.45, 2.75) is 64.3 Å². The van der Waals surface area contributed by atoms with Gasteiger partial charge in [-0.1, -0.05) is 69.8 Å². The maximum atomic E-state index is 12.5. The molecule has 0 saturated carbocycles. The number of rotatable bonds is 10. The van der Waals surface area contributed by atoms with Gasteiger partial charge in [0.1, 0.15) is 12.5 Å². The average molecular weight is 387 g/mol. The van der Waals surface area contributed by atoms with E-state index in [1.165, 1.54) is 0 Å². The van der Waals surface area contributed by atoms with E-state index in [2.05, 4.69) is 47.0 Å². The Morgan fingerprint density at radius 3 is 2.33 bits per heavy atom. The van der Waals surface area contributed by atoms with Crippen molar-refractivity contribution >= 4 is 14.3 Å². The number of carbonyl (C=O) groups is 1. The van der Waals surface area contributed by atoms with Crippen LogP contribution in [0, 0.1) is 0 Å². The number of benzene rings is 1. The van der Waals surface area contributed by atoms with Gasteiger partial charge in [-0.25, -0.2) is 0 Å². The minimum absolute atomic E-state index is 0.0514. The molecule has 0 aliphatic rings. The highest BCUT2D eigenvalue weighted by molar-refractivity contribution is 6.74. The number of esters is 1. The number of hydrogen-bond donors (Lipinski definition) is 0. The van der Waals surface area contributed by atoms with Gasteiger partial charge in [0, 0.05) is 12.8 Å². The summed E-state index contributed by atoms with van der Waals surface area (Å²) in [6, 6.07) is 10.0. The van der Waals surface area contributed by atoms with Crippen LogP contribution in [-0.4, -0.2) is 20.4 Å². The molecule has 0 fully saturated rings. The topological polar surface area (TPSA) is 35.5 Å². The Kier molecular flexibility index (Phi) is 8.77. The van der Waals surface area contributed by atoms with Gasteiger partial charge in [-0.2, -0.15) is 0 Å². The Morgan fingerprint density at radius 1 is 1.19 bits per heavy atom. The first-order valence-electron chi connectivity index (χ1n) is 9.44. The van der Waals surface area contributed by atoms with Crippen molar-refractivity contribution in [2.24, 2.45) is 0 Å². The molecule has 1 aromatic rings. The molecule has 27 heavy (non-hydrogen) atoms. The second-order valence-electron chi connectivity index (χ2n) is 8.23. The standard InChI is InChI=1S/C23H34O3Si/c1-8-13-20(17-19-15-11-10-12-16-19)25-22(24)18-21(14-9-2)26-27(6,7)23(3,4)5/h8-12,14-16,20H,1-2,13,17-18H2,3-7H3/b21-14+/t20-/m0/s1. The monoisotopic (exact) mass is 386 g/mol. The molecule has 1 rings (SSSR count). The van der Waals surface area contributed by atoms with E-state index in [1.54, 1.807) is 18.2 Å². The molecule has 4 heteroatoms. The summed E-state index contributed by atoms with van der Waals surface area (Å²) in [6.45, 7) is 18.3. The first kappa shape index (κ1) is 23.0. The molecular weight excluding hydrogens is 352 g/mol. The lowest BCUT2D eigenvalue weighted by Gasteiger charge is -2.37. The van der Waals surface area contributed by atoms with E-state index in [0.29, 0.717) is 18.6 Å². The summed E-state index contributed by atoms with van der Waals surface area (Å²) in [4.78, 5) is 12.5. The van der Waals surface area contributed by atoms with E-state index in [9.17, 15) is 4.79 Å². The van der Waals surface area contributed by atoms with Crippen molar-refractivity contribution in [3.63, 3.8) is 0 Å². The third kappa shape index (κ3) is 8.00. The van der Waals surface area contributed by atoms with Crippen molar-refractivity contribution < 1.29 is 14.0 Å². The zero-order valence-corrected chi connectivity index (χ0v) is 18.5. The van der Waals surface area contributed by atoms with Crippen LogP contribution in [-0.2, 0) is 20.4 Å². The van der Waals surface area contributed by atoms with Gasteiger partial charge in [0.15, 0.2) is 0 Å². The second kappa shape index (κ2) is 10.3. The number of ether oxygens (including phenoxy) is 1. The molecule has 148 valence electrons. The maximum Gasteiger partial charge on any atom is 0.313 e. The van der Waals surface area contributed by atoms with Gasteiger partial charge >= 0.3 is 5.97 Å². The highest BCUT2D eigenvalue weighted by Gasteiger charge is 2.39. The lowest BCUT2D eigenvalue weighted by atomic mass is 10.1. The molecule has 1 atom stereocenters. The van der Waals surface area contributed by atoms with Crippen molar-refractivity contribution in [2.75, 3.05) is 0 Å². The number of hydrogen-bond acceptors (Lipinski definition) is 3. The summed E-state index contributed by atoms with van der Waals surface area (Å²) in [5.41, 5.74) is 1.14. The molecule has 0 spiro atoms. The van der Waals surface area contributed by atoms with Crippen molar-refractivity contribution in [1.29, 1.82) is 0 Å². The van der Waals surface area contributed by atoms with Crippen LogP contribution in [0.2, 0.25) is 18.1 Å². The van der Waals surface area contributed by atoms with Crippen LogP contribution in [0.1, 0.15) is 39.2 Å². The lowest BCUT2D eigenvalue weighted by Crippen LogP contribution is -2.40. The van der Waals surface area contributed by atoms with Gasteiger partial charge in [0.05, 0.1) is 5.76 Å². The van der Waals surface area contributed by atoms with Crippen molar-refractivity contribution in [3.05, 3.63) is 73.0 Å². The predicted octanol–water partition coefficient (Wildman–Crippen LogP) is 6.20. The summed E-state index contributed by atoms with van der Waals surface area (Å²) in [5, 5.41) is 0.0514. The molecule has 0 aliphatic carbocycles. The highest BCUT2D eigenvalue weighted by Crippen LogP contribution is 2.38. The number of carbonyl (C=O) groups excluding carboxylic acids is 1. The van der Waals surface area contributed by atoms with Crippen LogP contribution >= 0.6 is 0 Å².